The minimum absolute atomic E-state index is 0.0788. The molecule has 1 atom stereocenters. The number of aromatic nitrogens is 1. The number of nitrogens with zero attached hydrogens (tertiary/aromatic N) is 1. The zero-order valence-electron chi connectivity index (χ0n) is 16.1. The highest BCUT2D eigenvalue weighted by Gasteiger charge is 2.14. The molecule has 0 spiro atoms. The molecular weight excluding hydrogens is 304 g/mol. The summed E-state index contributed by atoms with van der Waals surface area (Å²) < 4.78 is 5.32. The van der Waals surface area contributed by atoms with Crippen LogP contribution in [0.1, 0.15) is 72.9 Å². The second-order valence-corrected chi connectivity index (χ2v) is 4.45. The minimum Gasteiger partial charge on any atom is -0.356 e. The zero-order chi connectivity index (χ0) is 19.0. The maximum atomic E-state index is 11.3. The van der Waals surface area contributed by atoms with Gasteiger partial charge in [-0.2, -0.15) is 0 Å². The zero-order valence-corrected chi connectivity index (χ0v) is 16.1. The molecule has 5 nitrogen and oxygen atoms in total. The summed E-state index contributed by atoms with van der Waals surface area (Å²) in [5.41, 5.74) is 1.55. The monoisotopic (exact) mass is 336 g/mol. The molecule has 0 saturated carbocycles. The molecule has 1 heterocycles. The largest absolute Gasteiger partial charge is 0.356 e. The predicted molar refractivity (Wildman–Crippen MR) is 99.7 cm³/mol. The van der Waals surface area contributed by atoms with Gasteiger partial charge in [0.05, 0.1) is 5.69 Å². The number of imide groups is 1. The van der Waals surface area contributed by atoms with Gasteiger partial charge in [-0.15, -0.1) is 0 Å². The van der Waals surface area contributed by atoms with Crippen LogP contribution in [0.2, 0.25) is 0 Å². The van der Waals surface area contributed by atoms with Crippen LogP contribution in [0, 0.1) is 0 Å². The van der Waals surface area contributed by atoms with E-state index in [-0.39, 0.29) is 18.2 Å². The van der Waals surface area contributed by atoms with Crippen molar-refractivity contribution >= 4 is 24.5 Å². The average Bonchev–Trinajstić information content (AvgIpc) is 3.04. The lowest BCUT2D eigenvalue weighted by molar-refractivity contribution is -0.125. The molecule has 0 aliphatic rings. The van der Waals surface area contributed by atoms with Crippen LogP contribution in [-0.2, 0) is 9.59 Å². The predicted octanol–water partition coefficient (Wildman–Crippen LogP) is 3.04. The standard InChI is InChI=1S/C15H20N2O3.2C2H6/c1-4-6-7-13-12(5-2)15(17-20-13)11(3)8-9-14(19)16-10-18;2*1-2/h4-7,10-11H,8-9H2,1-3H3,(H,16,18,19);2*1-2H3/b6-4-,12-5+,13-7+;;. The van der Waals surface area contributed by atoms with Gasteiger partial charge in [0.2, 0.25) is 12.3 Å². The van der Waals surface area contributed by atoms with E-state index in [1.54, 1.807) is 0 Å². The van der Waals surface area contributed by atoms with Gasteiger partial charge in [-0.1, -0.05) is 58.0 Å². The topological polar surface area (TPSA) is 72.2 Å². The lowest BCUT2D eigenvalue weighted by Crippen LogP contribution is -2.25. The fourth-order valence-corrected chi connectivity index (χ4v) is 1.89. The first-order chi connectivity index (χ1) is 11.6. The molecule has 0 radical (unpaired) electrons. The molecule has 0 aliphatic carbocycles. The molecule has 0 aromatic carbocycles. The van der Waals surface area contributed by atoms with Gasteiger partial charge >= 0.3 is 0 Å². The van der Waals surface area contributed by atoms with Gasteiger partial charge in [-0.05, 0) is 26.3 Å². The van der Waals surface area contributed by atoms with Crippen LogP contribution in [0.25, 0.3) is 12.2 Å². The van der Waals surface area contributed by atoms with Crippen LogP contribution in [-0.4, -0.2) is 17.5 Å². The average molecular weight is 336 g/mol. The molecule has 0 fully saturated rings. The van der Waals surface area contributed by atoms with Crippen molar-refractivity contribution in [1.29, 1.82) is 0 Å². The van der Waals surface area contributed by atoms with E-state index in [1.165, 1.54) is 0 Å². The summed E-state index contributed by atoms with van der Waals surface area (Å²) in [5, 5.41) is 7.17. The van der Waals surface area contributed by atoms with Crippen LogP contribution in [0.3, 0.4) is 0 Å². The SMILES string of the molecule is CC.CC.C\C=C/C=c1/onc(C(C)CCC(=O)NC=O)/c1=C/C. The Balaban J connectivity index is 0. The molecule has 1 rings (SSSR count). The summed E-state index contributed by atoms with van der Waals surface area (Å²) in [7, 11) is 0. The first-order valence-corrected chi connectivity index (χ1v) is 8.62. The van der Waals surface area contributed by atoms with E-state index in [0.29, 0.717) is 18.2 Å². The molecule has 2 amide bonds. The molecule has 0 bridgehead atoms. The van der Waals surface area contributed by atoms with Gasteiger partial charge in [-0.3, -0.25) is 14.9 Å². The number of carbonyl (C=O) groups excluding carboxylic acids is 2. The van der Waals surface area contributed by atoms with E-state index < -0.39 is 0 Å². The third-order valence-electron chi connectivity index (χ3n) is 3.00. The Labute approximate surface area is 145 Å². The van der Waals surface area contributed by atoms with Crippen LogP contribution in [0.4, 0.5) is 0 Å². The Hall–Kier alpha value is -2.17. The Morgan fingerprint density at radius 2 is 1.88 bits per heavy atom. The second kappa shape index (κ2) is 15.7. The minimum atomic E-state index is -0.280. The summed E-state index contributed by atoms with van der Waals surface area (Å²) in [4.78, 5) is 21.4. The van der Waals surface area contributed by atoms with Gasteiger partial charge in [0.15, 0.2) is 5.42 Å². The quantitative estimate of drug-likeness (QED) is 0.811. The van der Waals surface area contributed by atoms with E-state index in [1.807, 2.05) is 72.8 Å². The lowest BCUT2D eigenvalue weighted by Gasteiger charge is -2.06. The third kappa shape index (κ3) is 8.46. The second-order valence-electron chi connectivity index (χ2n) is 4.45. The van der Waals surface area contributed by atoms with Crippen molar-refractivity contribution in [2.24, 2.45) is 0 Å². The molecule has 0 saturated heterocycles. The number of hydrogen-bond acceptors (Lipinski definition) is 4. The van der Waals surface area contributed by atoms with Gasteiger partial charge in [0.1, 0.15) is 0 Å². The molecule has 1 aromatic rings. The van der Waals surface area contributed by atoms with Crippen molar-refractivity contribution in [3.63, 3.8) is 0 Å². The van der Waals surface area contributed by atoms with E-state index >= 15 is 0 Å². The Morgan fingerprint density at radius 3 is 2.38 bits per heavy atom. The van der Waals surface area contributed by atoms with Crippen LogP contribution in [0.15, 0.2) is 16.7 Å². The molecule has 1 N–H and O–H groups in total. The van der Waals surface area contributed by atoms with Crippen LogP contribution in [0.5, 0.6) is 0 Å². The van der Waals surface area contributed by atoms with Gasteiger partial charge < -0.3 is 4.52 Å². The van der Waals surface area contributed by atoms with Crippen molar-refractivity contribution in [1.82, 2.24) is 10.5 Å². The summed E-state index contributed by atoms with van der Waals surface area (Å²) in [6.07, 6.45) is 8.90. The van der Waals surface area contributed by atoms with Crippen molar-refractivity contribution in [3.05, 3.63) is 28.5 Å². The molecule has 136 valence electrons. The van der Waals surface area contributed by atoms with Crippen molar-refractivity contribution in [2.75, 3.05) is 0 Å². The van der Waals surface area contributed by atoms with Crippen molar-refractivity contribution in [3.8, 4) is 0 Å². The highest BCUT2D eigenvalue weighted by atomic mass is 16.5. The normalized spacial score (nSPS) is 12.8. The number of rotatable bonds is 6. The molecule has 0 aliphatic heterocycles. The van der Waals surface area contributed by atoms with Crippen molar-refractivity contribution < 1.29 is 14.1 Å². The van der Waals surface area contributed by atoms with Gasteiger partial charge in [0.25, 0.3) is 0 Å². The maximum Gasteiger partial charge on any atom is 0.226 e. The number of amides is 2. The first kappa shape index (κ1) is 24.1. The van der Waals surface area contributed by atoms with E-state index in [4.69, 9.17) is 4.52 Å². The Morgan fingerprint density at radius 1 is 1.25 bits per heavy atom. The Bertz CT molecular complexity index is 601. The highest BCUT2D eigenvalue weighted by molar-refractivity contribution is 5.85. The van der Waals surface area contributed by atoms with Gasteiger partial charge in [0, 0.05) is 17.6 Å². The number of nitrogens with one attached hydrogen (secondary N) is 1. The third-order valence-corrected chi connectivity index (χ3v) is 3.00. The van der Waals surface area contributed by atoms with Crippen LogP contribution >= 0.6 is 0 Å². The lowest BCUT2D eigenvalue weighted by atomic mass is 10.00. The maximum absolute atomic E-state index is 11.3. The Kier molecular flexibility index (Phi) is 15.8. The van der Waals surface area contributed by atoms with Crippen molar-refractivity contribution in [2.45, 2.75) is 67.2 Å². The number of allylic oxidation sites excluding steroid dienone is 2. The smallest absolute Gasteiger partial charge is 0.226 e. The molecule has 1 unspecified atom stereocenters. The number of hydrogen-bond donors (Lipinski definition) is 1. The van der Waals surface area contributed by atoms with Gasteiger partial charge in [-0.25, -0.2) is 0 Å². The molecule has 5 heteroatoms. The molecule has 24 heavy (non-hydrogen) atoms. The molecule has 1 aromatic heterocycles. The first-order valence-electron chi connectivity index (χ1n) is 8.62. The highest BCUT2D eigenvalue weighted by Crippen LogP contribution is 2.14. The summed E-state index contributed by atoms with van der Waals surface area (Å²) in [6.45, 7) is 13.8. The fourth-order valence-electron chi connectivity index (χ4n) is 1.89. The van der Waals surface area contributed by atoms with E-state index in [0.717, 1.165) is 10.9 Å². The van der Waals surface area contributed by atoms with Crippen LogP contribution < -0.4 is 16.0 Å². The summed E-state index contributed by atoms with van der Waals surface area (Å²) in [6, 6.07) is 0. The number of carbonyl (C=O) groups is 2. The van der Waals surface area contributed by atoms with E-state index in [2.05, 4.69) is 10.5 Å². The summed E-state index contributed by atoms with van der Waals surface area (Å²) in [5.74, 6) is -0.201. The van der Waals surface area contributed by atoms with E-state index in [9.17, 15) is 9.59 Å². The molecular formula is C19H32N2O3. The summed E-state index contributed by atoms with van der Waals surface area (Å²) >= 11 is 0. The fraction of sp³-hybridized carbons (Fsp3) is 0.526.